The Morgan fingerprint density at radius 3 is 1.70 bits per heavy atom. The molecule has 0 amide bonds. The van der Waals surface area contributed by atoms with Crippen LogP contribution in [0, 0.1) is 11.8 Å². The van der Waals surface area contributed by atoms with Crippen LogP contribution >= 0.6 is 23.2 Å². The molecule has 0 fully saturated rings. The lowest BCUT2D eigenvalue weighted by molar-refractivity contribution is 0.887. The van der Waals surface area contributed by atoms with E-state index in [0.717, 1.165) is 67.7 Å². The largest absolute Gasteiger partial charge is 0.236 e. The van der Waals surface area contributed by atoms with E-state index in [1.807, 2.05) is 54.6 Å². The van der Waals surface area contributed by atoms with E-state index in [1.54, 1.807) is 0 Å². The number of aromatic nitrogens is 4. The topological polar surface area (TPSA) is 51.6 Å². The number of nitrogens with zero attached hydrogens (tertiary/aromatic N) is 4. The summed E-state index contributed by atoms with van der Waals surface area (Å²) in [5.41, 5.74) is 11.1. The van der Waals surface area contributed by atoms with Crippen molar-refractivity contribution >= 4 is 23.2 Å². The van der Waals surface area contributed by atoms with Gasteiger partial charge in [0, 0.05) is 22.6 Å². The van der Waals surface area contributed by atoms with E-state index in [1.165, 1.54) is 0 Å². The van der Waals surface area contributed by atoms with Crippen molar-refractivity contribution in [1.29, 1.82) is 0 Å². The van der Waals surface area contributed by atoms with Crippen molar-refractivity contribution in [2.45, 2.75) is 12.3 Å². The summed E-state index contributed by atoms with van der Waals surface area (Å²) in [5.74, 6) is 7.56. The van der Waals surface area contributed by atoms with Crippen molar-refractivity contribution in [1.82, 2.24) is 19.9 Å². The third-order valence-electron chi connectivity index (χ3n) is 8.70. The maximum atomic E-state index is 6.50. The minimum absolute atomic E-state index is 0.146. The molecule has 1 unspecified atom stereocenters. The van der Waals surface area contributed by atoms with E-state index in [0.29, 0.717) is 16.8 Å². The van der Waals surface area contributed by atoms with Crippen molar-refractivity contribution in [3.63, 3.8) is 0 Å². The molecule has 8 rings (SSSR count). The van der Waals surface area contributed by atoms with Gasteiger partial charge in [0.25, 0.3) is 0 Å². The van der Waals surface area contributed by atoms with Gasteiger partial charge in [-0.1, -0.05) is 133 Å². The summed E-state index contributed by atoms with van der Waals surface area (Å²) in [7, 11) is 0. The molecule has 1 aliphatic carbocycles. The lowest BCUT2D eigenvalue weighted by Crippen LogP contribution is -2.00. The van der Waals surface area contributed by atoms with Crippen LogP contribution < -0.4 is 0 Å². The number of benzene rings is 5. The molecule has 2 aromatic heterocycles. The first-order valence-electron chi connectivity index (χ1n) is 16.3. The maximum absolute atomic E-state index is 6.50. The van der Waals surface area contributed by atoms with Gasteiger partial charge in [0.05, 0.1) is 5.69 Å². The average Bonchev–Trinajstić information content (AvgIpc) is 3.18. The fourth-order valence-electron chi connectivity index (χ4n) is 6.21. The molecule has 0 N–H and O–H groups in total. The maximum Gasteiger partial charge on any atom is 0.226 e. The molecule has 4 nitrogen and oxygen atoms in total. The fourth-order valence-corrected chi connectivity index (χ4v) is 6.58. The van der Waals surface area contributed by atoms with Crippen LogP contribution in [0.1, 0.15) is 17.9 Å². The summed E-state index contributed by atoms with van der Waals surface area (Å²) in [5, 5.41) is 0.605. The molecule has 50 heavy (non-hydrogen) atoms. The molecule has 5 aromatic carbocycles. The summed E-state index contributed by atoms with van der Waals surface area (Å²) in [6, 6.07) is 47.5. The predicted octanol–water partition coefficient (Wildman–Crippen LogP) is 11.6. The third-order valence-corrected chi connectivity index (χ3v) is 9.06. The van der Waals surface area contributed by atoms with Crippen LogP contribution in [0.2, 0.25) is 10.4 Å². The van der Waals surface area contributed by atoms with Crippen LogP contribution in [0.3, 0.4) is 0 Å². The van der Waals surface area contributed by atoms with Crippen LogP contribution in [-0.4, -0.2) is 19.9 Å². The SMILES string of the molecule is Clc1cc(-c2ccccc2)cc(-c2cccc(-c3cccc(-c4cccc(-c5nc(Cl)nc(-c6cccc(C7C#CC=CC7)c6)n5)c4)c3)c2)n1. The van der Waals surface area contributed by atoms with Gasteiger partial charge in [0.15, 0.2) is 11.6 Å². The van der Waals surface area contributed by atoms with E-state index >= 15 is 0 Å². The van der Waals surface area contributed by atoms with Crippen LogP contribution in [-0.2, 0) is 0 Å². The van der Waals surface area contributed by atoms with E-state index in [-0.39, 0.29) is 11.2 Å². The van der Waals surface area contributed by atoms with Crippen molar-refractivity contribution in [2.24, 2.45) is 0 Å². The minimum atomic E-state index is 0.146. The normalized spacial score (nSPS) is 13.4. The smallest absolute Gasteiger partial charge is 0.226 e. The van der Waals surface area contributed by atoms with E-state index in [4.69, 9.17) is 28.2 Å². The highest BCUT2D eigenvalue weighted by Gasteiger charge is 2.15. The Bertz CT molecular complexity index is 2460. The van der Waals surface area contributed by atoms with Gasteiger partial charge in [-0.15, -0.1) is 0 Å². The third kappa shape index (κ3) is 6.84. The molecule has 7 aromatic rings. The summed E-state index contributed by atoms with van der Waals surface area (Å²) in [6.45, 7) is 0. The van der Waals surface area contributed by atoms with Gasteiger partial charge < -0.3 is 0 Å². The molecule has 0 bridgehead atoms. The monoisotopic (exact) mass is 682 g/mol. The predicted molar refractivity (Wildman–Crippen MR) is 205 cm³/mol. The molecular weight excluding hydrogens is 655 g/mol. The van der Waals surface area contributed by atoms with E-state index in [9.17, 15) is 0 Å². The minimum Gasteiger partial charge on any atom is -0.236 e. The Kier molecular flexibility index (Phi) is 8.76. The zero-order chi connectivity index (χ0) is 33.9. The molecule has 0 aliphatic heterocycles. The highest BCUT2D eigenvalue weighted by atomic mass is 35.5. The first-order valence-corrected chi connectivity index (χ1v) is 17.0. The van der Waals surface area contributed by atoms with E-state index < -0.39 is 0 Å². The highest BCUT2D eigenvalue weighted by molar-refractivity contribution is 6.29. The standard InChI is InChI=1S/C44H28Cl2N4/c45-41-28-39(30-13-5-2-6-14-30)27-40(47-41)36-20-8-18-34(24-36)32-16-7-17-33(23-32)35-19-10-22-38(26-35)43-48-42(49-44(46)50-43)37-21-9-15-31(25-37)29-11-3-1-4-12-29/h1-3,5-10,13-29H,11H2. The number of hydrogen-bond donors (Lipinski definition) is 0. The average molecular weight is 684 g/mol. The quantitative estimate of drug-likeness (QED) is 0.124. The van der Waals surface area contributed by atoms with Gasteiger partial charge >= 0.3 is 0 Å². The number of pyridine rings is 1. The van der Waals surface area contributed by atoms with Gasteiger partial charge in [-0.3, -0.25) is 0 Å². The lowest BCUT2D eigenvalue weighted by Gasteiger charge is -2.12. The first kappa shape index (κ1) is 31.4. The van der Waals surface area contributed by atoms with Crippen LogP contribution in [0.5, 0.6) is 0 Å². The highest BCUT2D eigenvalue weighted by Crippen LogP contribution is 2.33. The zero-order valence-electron chi connectivity index (χ0n) is 26.8. The molecular formula is C44H28Cl2N4. The van der Waals surface area contributed by atoms with Gasteiger partial charge in [-0.2, -0.15) is 9.97 Å². The zero-order valence-corrected chi connectivity index (χ0v) is 28.3. The molecule has 1 aliphatic rings. The van der Waals surface area contributed by atoms with Crippen molar-refractivity contribution < 1.29 is 0 Å². The number of halogens is 2. The molecule has 0 saturated heterocycles. The second kappa shape index (κ2) is 13.9. The van der Waals surface area contributed by atoms with Crippen molar-refractivity contribution in [3.8, 4) is 79.3 Å². The summed E-state index contributed by atoms with van der Waals surface area (Å²) in [4.78, 5) is 18.5. The Morgan fingerprint density at radius 2 is 1.04 bits per heavy atom. The molecule has 2 heterocycles. The Labute approximate surface area is 301 Å². The molecule has 238 valence electrons. The Hall–Kier alpha value is -5.86. The summed E-state index contributed by atoms with van der Waals surface area (Å²) < 4.78 is 0. The Balaban J connectivity index is 1.09. The van der Waals surface area contributed by atoms with Crippen LogP contribution in [0.15, 0.2) is 152 Å². The molecule has 0 radical (unpaired) electrons. The molecule has 0 spiro atoms. The molecule has 0 saturated carbocycles. The van der Waals surface area contributed by atoms with Gasteiger partial charge in [0.2, 0.25) is 5.28 Å². The molecule has 1 atom stereocenters. The second-order valence-corrected chi connectivity index (χ2v) is 12.8. The fraction of sp³-hybridized carbons (Fsp3) is 0.0455. The van der Waals surface area contributed by atoms with Gasteiger partial charge in [0.1, 0.15) is 5.15 Å². The van der Waals surface area contributed by atoms with E-state index in [2.05, 4.69) is 124 Å². The van der Waals surface area contributed by atoms with Crippen molar-refractivity contribution in [3.05, 3.63) is 168 Å². The van der Waals surface area contributed by atoms with Gasteiger partial charge in [-0.05, 0) is 99.4 Å². The number of rotatable bonds is 7. The Morgan fingerprint density at radius 1 is 0.480 bits per heavy atom. The van der Waals surface area contributed by atoms with Crippen LogP contribution in [0.25, 0.3) is 67.4 Å². The van der Waals surface area contributed by atoms with Crippen molar-refractivity contribution in [2.75, 3.05) is 0 Å². The number of allylic oxidation sites excluding steroid dienone is 2. The first-order chi connectivity index (χ1) is 24.6. The summed E-state index contributed by atoms with van der Waals surface area (Å²) >= 11 is 13.0. The molecule has 6 heteroatoms. The van der Waals surface area contributed by atoms with Crippen LogP contribution in [0.4, 0.5) is 0 Å². The second-order valence-electron chi connectivity index (χ2n) is 12.0. The lowest BCUT2D eigenvalue weighted by atomic mass is 9.93. The summed E-state index contributed by atoms with van der Waals surface area (Å²) in [6.07, 6.45) is 4.89. The van der Waals surface area contributed by atoms with Gasteiger partial charge in [-0.25, -0.2) is 9.97 Å². The number of hydrogen-bond acceptors (Lipinski definition) is 4.